The Morgan fingerprint density at radius 2 is 1.27 bits per heavy atom. The molecule has 0 saturated heterocycles. The maximum Gasteiger partial charge on any atom is 0.328 e. The summed E-state index contributed by atoms with van der Waals surface area (Å²) >= 11 is 0. The average molecular weight is 550 g/mol. The standard InChI is InChI=1S/C31H26F3NO5/c1-38-31(37)26(35-30(36)29-24(33)16-23(32)17-25(29)34)14-22-12-13-27(39-18-20-8-4-2-5-9-20)28(15-22)40-19-21-10-6-3-7-11-21/h2-13,15-17,26H,14,18-19H2,1H3,(H,35,36)/t26-/m1/s1. The van der Waals surface area contributed by atoms with Crippen LogP contribution in [0, 0.1) is 17.5 Å². The fourth-order valence-electron chi connectivity index (χ4n) is 3.94. The van der Waals surface area contributed by atoms with Gasteiger partial charge < -0.3 is 19.5 Å². The van der Waals surface area contributed by atoms with Gasteiger partial charge in [-0.3, -0.25) is 4.79 Å². The molecule has 0 aliphatic heterocycles. The molecule has 4 rings (SSSR count). The molecule has 4 aromatic carbocycles. The van der Waals surface area contributed by atoms with Gasteiger partial charge in [0.05, 0.1) is 7.11 Å². The minimum Gasteiger partial charge on any atom is -0.485 e. The lowest BCUT2D eigenvalue weighted by Crippen LogP contribution is -2.43. The van der Waals surface area contributed by atoms with Gasteiger partial charge in [-0.2, -0.15) is 0 Å². The van der Waals surface area contributed by atoms with Crippen molar-refractivity contribution >= 4 is 11.9 Å². The van der Waals surface area contributed by atoms with E-state index in [-0.39, 0.29) is 19.6 Å². The van der Waals surface area contributed by atoms with Crippen molar-refractivity contribution in [3.8, 4) is 11.5 Å². The summed E-state index contributed by atoms with van der Waals surface area (Å²) in [6.07, 6.45) is -0.0937. The van der Waals surface area contributed by atoms with Crippen molar-refractivity contribution in [3.63, 3.8) is 0 Å². The van der Waals surface area contributed by atoms with E-state index >= 15 is 0 Å². The summed E-state index contributed by atoms with van der Waals surface area (Å²) in [5.41, 5.74) is 1.41. The van der Waals surface area contributed by atoms with Crippen molar-refractivity contribution in [2.75, 3.05) is 7.11 Å². The van der Waals surface area contributed by atoms with Crippen LogP contribution >= 0.6 is 0 Å². The van der Waals surface area contributed by atoms with Crippen LogP contribution in [-0.2, 0) is 29.2 Å². The predicted molar refractivity (Wildman–Crippen MR) is 141 cm³/mol. The number of amides is 1. The number of esters is 1. The second-order valence-corrected chi connectivity index (χ2v) is 8.83. The molecule has 0 fully saturated rings. The Balaban J connectivity index is 1.56. The Morgan fingerprint density at radius 3 is 1.82 bits per heavy atom. The topological polar surface area (TPSA) is 73.9 Å². The number of ether oxygens (including phenoxy) is 3. The van der Waals surface area contributed by atoms with Gasteiger partial charge in [-0.25, -0.2) is 18.0 Å². The third kappa shape index (κ3) is 7.41. The minimum absolute atomic E-state index is 0.0937. The third-order valence-corrected chi connectivity index (χ3v) is 5.95. The van der Waals surface area contributed by atoms with Crippen LogP contribution in [-0.4, -0.2) is 25.0 Å². The first-order valence-electron chi connectivity index (χ1n) is 12.3. The molecule has 9 heteroatoms. The zero-order valence-corrected chi connectivity index (χ0v) is 21.5. The predicted octanol–water partition coefficient (Wildman–Crippen LogP) is 5.78. The summed E-state index contributed by atoms with van der Waals surface area (Å²) in [7, 11) is 1.12. The lowest BCUT2D eigenvalue weighted by molar-refractivity contribution is -0.142. The Kier molecular flexibility index (Phi) is 9.40. The van der Waals surface area contributed by atoms with Crippen molar-refractivity contribution < 1.29 is 37.0 Å². The average Bonchev–Trinajstić information content (AvgIpc) is 2.95. The largest absolute Gasteiger partial charge is 0.485 e. The van der Waals surface area contributed by atoms with Crippen molar-refractivity contribution in [3.05, 3.63) is 131 Å². The van der Waals surface area contributed by atoms with Gasteiger partial charge in [0.1, 0.15) is 42.3 Å². The highest BCUT2D eigenvalue weighted by molar-refractivity contribution is 5.97. The van der Waals surface area contributed by atoms with Gasteiger partial charge in [-0.15, -0.1) is 0 Å². The SMILES string of the molecule is COC(=O)[C@@H](Cc1ccc(OCc2ccccc2)c(OCc2ccccc2)c1)NC(=O)c1c(F)cc(F)cc1F. The molecule has 4 aromatic rings. The smallest absolute Gasteiger partial charge is 0.328 e. The molecule has 0 aromatic heterocycles. The number of rotatable bonds is 11. The van der Waals surface area contributed by atoms with Gasteiger partial charge in [-0.1, -0.05) is 66.7 Å². The molecule has 0 unspecified atom stereocenters. The molecule has 0 aliphatic rings. The second kappa shape index (κ2) is 13.3. The fraction of sp³-hybridized carbons (Fsp3) is 0.161. The zero-order chi connectivity index (χ0) is 28.5. The molecular weight excluding hydrogens is 523 g/mol. The molecule has 0 radical (unpaired) electrons. The number of methoxy groups -OCH3 is 1. The Morgan fingerprint density at radius 1 is 0.725 bits per heavy atom. The second-order valence-electron chi connectivity index (χ2n) is 8.83. The highest BCUT2D eigenvalue weighted by Crippen LogP contribution is 2.31. The molecule has 0 bridgehead atoms. The molecule has 0 spiro atoms. The Hall–Kier alpha value is -4.79. The molecule has 1 atom stereocenters. The summed E-state index contributed by atoms with van der Waals surface area (Å²) in [5, 5.41) is 2.28. The molecule has 206 valence electrons. The van der Waals surface area contributed by atoms with E-state index < -0.39 is 40.9 Å². The van der Waals surface area contributed by atoms with Gasteiger partial charge in [0, 0.05) is 18.6 Å². The first kappa shape index (κ1) is 28.2. The van der Waals surface area contributed by atoms with E-state index in [1.807, 2.05) is 60.7 Å². The fourth-order valence-corrected chi connectivity index (χ4v) is 3.94. The van der Waals surface area contributed by atoms with E-state index in [9.17, 15) is 22.8 Å². The number of carbonyl (C=O) groups is 2. The summed E-state index contributed by atoms with van der Waals surface area (Å²) in [4.78, 5) is 25.1. The van der Waals surface area contributed by atoms with Gasteiger partial charge in [-0.05, 0) is 28.8 Å². The van der Waals surface area contributed by atoms with E-state index in [0.29, 0.717) is 29.2 Å². The van der Waals surface area contributed by atoms with Crippen LogP contribution in [0.25, 0.3) is 0 Å². The lowest BCUT2D eigenvalue weighted by Gasteiger charge is -2.19. The van der Waals surface area contributed by atoms with Crippen LogP contribution in [0.3, 0.4) is 0 Å². The van der Waals surface area contributed by atoms with E-state index in [2.05, 4.69) is 5.32 Å². The molecule has 40 heavy (non-hydrogen) atoms. The monoisotopic (exact) mass is 549 g/mol. The summed E-state index contributed by atoms with van der Waals surface area (Å²) in [6.45, 7) is 0.532. The van der Waals surface area contributed by atoms with Gasteiger partial charge in [0.2, 0.25) is 0 Å². The Bertz CT molecular complexity index is 1440. The van der Waals surface area contributed by atoms with Crippen molar-refractivity contribution in [1.29, 1.82) is 0 Å². The maximum absolute atomic E-state index is 14.2. The first-order chi connectivity index (χ1) is 19.3. The number of benzene rings is 4. The van der Waals surface area contributed by atoms with Gasteiger partial charge >= 0.3 is 5.97 Å². The highest BCUT2D eigenvalue weighted by Gasteiger charge is 2.27. The molecule has 0 aliphatic carbocycles. The van der Waals surface area contributed by atoms with Gasteiger partial charge in [0.15, 0.2) is 11.5 Å². The van der Waals surface area contributed by atoms with E-state index in [1.54, 1.807) is 18.2 Å². The number of nitrogens with one attached hydrogen (secondary N) is 1. The minimum atomic E-state index is -1.39. The number of hydrogen-bond donors (Lipinski definition) is 1. The highest BCUT2D eigenvalue weighted by atomic mass is 19.1. The molecule has 1 amide bonds. The molecule has 0 heterocycles. The van der Waals surface area contributed by atoms with Crippen molar-refractivity contribution in [1.82, 2.24) is 5.32 Å². The van der Waals surface area contributed by atoms with Crippen molar-refractivity contribution in [2.24, 2.45) is 0 Å². The summed E-state index contributed by atoms with van der Waals surface area (Å²) < 4.78 is 58.4. The number of carbonyl (C=O) groups excluding carboxylic acids is 2. The number of hydrogen-bond acceptors (Lipinski definition) is 5. The van der Waals surface area contributed by atoms with E-state index in [4.69, 9.17) is 14.2 Å². The normalized spacial score (nSPS) is 11.4. The van der Waals surface area contributed by atoms with Gasteiger partial charge in [0.25, 0.3) is 5.91 Å². The van der Waals surface area contributed by atoms with Crippen LogP contribution in [0.2, 0.25) is 0 Å². The molecular formula is C31H26F3NO5. The van der Waals surface area contributed by atoms with Crippen LogP contribution in [0.1, 0.15) is 27.0 Å². The first-order valence-corrected chi connectivity index (χ1v) is 12.3. The van der Waals surface area contributed by atoms with Crippen LogP contribution < -0.4 is 14.8 Å². The van der Waals surface area contributed by atoms with Crippen LogP contribution in [0.15, 0.2) is 91.0 Å². The third-order valence-electron chi connectivity index (χ3n) is 5.95. The zero-order valence-electron chi connectivity index (χ0n) is 21.5. The summed E-state index contributed by atoms with van der Waals surface area (Å²) in [6, 6.07) is 23.5. The molecule has 6 nitrogen and oxygen atoms in total. The lowest BCUT2D eigenvalue weighted by atomic mass is 10.0. The maximum atomic E-state index is 14.2. The molecule has 0 saturated carbocycles. The van der Waals surface area contributed by atoms with Crippen LogP contribution in [0.5, 0.6) is 11.5 Å². The van der Waals surface area contributed by atoms with Crippen molar-refractivity contribution in [2.45, 2.75) is 25.7 Å². The number of halogens is 3. The quantitative estimate of drug-likeness (QED) is 0.240. The van der Waals surface area contributed by atoms with E-state index in [0.717, 1.165) is 18.2 Å². The molecule has 1 N–H and O–H groups in total. The van der Waals surface area contributed by atoms with E-state index in [1.165, 1.54) is 0 Å². The summed E-state index contributed by atoms with van der Waals surface area (Å²) in [5.74, 6) is -5.18. The van der Waals surface area contributed by atoms with Crippen LogP contribution in [0.4, 0.5) is 13.2 Å². The Labute approximate surface area is 229 Å².